The van der Waals surface area contributed by atoms with Crippen LogP contribution < -0.4 is 0 Å². The average molecular weight is 210 g/mol. The molecule has 15 heavy (non-hydrogen) atoms. The summed E-state index contributed by atoms with van der Waals surface area (Å²) < 4.78 is 0. The number of hydrogen-bond donors (Lipinski definition) is 0. The van der Waals surface area contributed by atoms with Crippen molar-refractivity contribution in [3.63, 3.8) is 0 Å². The van der Waals surface area contributed by atoms with Crippen molar-refractivity contribution in [3.8, 4) is 0 Å². The molecule has 0 spiro atoms. The van der Waals surface area contributed by atoms with E-state index in [4.69, 9.17) is 5.53 Å². The van der Waals surface area contributed by atoms with Crippen molar-refractivity contribution < 1.29 is 4.79 Å². The molecule has 1 saturated heterocycles. The predicted molar refractivity (Wildman–Crippen MR) is 58.1 cm³/mol. The molecule has 0 aromatic rings. The third kappa shape index (κ3) is 2.86. The molecule has 0 N–H and O–H groups in total. The minimum absolute atomic E-state index is 0.189. The summed E-state index contributed by atoms with van der Waals surface area (Å²) in [4.78, 5) is 16.3. The summed E-state index contributed by atoms with van der Waals surface area (Å²) in [6.45, 7) is 7.46. The van der Waals surface area contributed by atoms with Gasteiger partial charge in [0.05, 0.1) is 0 Å². The Balaban J connectivity index is 2.56. The molecule has 1 aliphatic heterocycles. The van der Waals surface area contributed by atoms with E-state index in [0.29, 0.717) is 18.9 Å². The third-order valence-corrected chi connectivity index (χ3v) is 3.10. The van der Waals surface area contributed by atoms with Crippen LogP contribution in [0.2, 0.25) is 0 Å². The largest absolute Gasteiger partial charge is 0.339 e. The van der Waals surface area contributed by atoms with Crippen LogP contribution in [0.15, 0.2) is 5.11 Å². The van der Waals surface area contributed by atoms with Crippen LogP contribution in [0.1, 0.15) is 27.2 Å². The van der Waals surface area contributed by atoms with Gasteiger partial charge in [0.15, 0.2) is 0 Å². The Kier molecular flexibility index (Phi) is 3.97. The molecule has 0 aromatic carbocycles. The molecule has 0 aliphatic carbocycles. The highest BCUT2D eigenvalue weighted by atomic mass is 16.2. The first kappa shape index (κ1) is 11.9. The maximum absolute atomic E-state index is 11.7. The van der Waals surface area contributed by atoms with E-state index < -0.39 is 0 Å². The minimum Gasteiger partial charge on any atom is -0.339 e. The number of rotatable bonds is 4. The second kappa shape index (κ2) is 5.03. The molecular weight excluding hydrogens is 192 g/mol. The number of azide groups is 1. The molecule has 5 nitrogen and oxygen atoms in total. The Hall–Kier alpha value is -1.22. The van der Waals surface area contributed by atoms with Gasteiger partial charge in [-0.25, -0.2) is 0 Å². The van der Waals surface area contributed by atoms with Crippen molar-refractivity contribution in [2.75, 3.05) is 13.1 Å². The van der Waals surface area contributed by atoms with E-state index >= 15 is 0 Å². The summed E-state index contributed by atoms with van der Waals surface area (Å²) in [6.07, 6.45) is 0.524. The Morgan fingerprint density at radius 3 is 2.80 bits per heavy atom. The molecule has 0 aromatic heterocycles. The standard InChI is InChI=1S/C10H18N4O/c1-7(2)8(3)14-6-9(4-10(14)15)5-12-13-11/h7-9H,4-6H2,1-3H3. The predicted octanol–water partition coefficient (Wildman–Crippen LogP) is 2.19. The van der Waals surface area contributed by atoms with E-state index in [2.05, 4.69) is 30.8 Å². The van der Waals surface area contributed by atoms with Gasteiger partial charge in [0.25, 0.3) is 0 Å². The fourth-order valence-corrected chi connectivity index (χ4v) is 1.84. The minimum atomic E-state index is 0.189. The molecule has 5 heteroatoms. The maximum atomic E-state index is 11.7. The van der Waals surface area contributed by atoms with Crippen LogP contribution in [0.5, 0.6) is 0 Å². The van der Waals surface area contributed by atoms with Crippen molar-refractivity contribution in [3.05, 3.63) is 10.4 Å². The molecule has 2 atom stereocenters. The zero-order chi connectivity index (χ0) is 11.4. The van der Waals surface area contributed by atoms with Crippen LogP contribution >= 0.6 is 0 Å². The van der Waals surface area contributed by atoms with Crippen LogP contribution in [-0.2, 0) is 4.79 Å². The highest BCUT2D eigenvalue weighted by molar-refractivity contribution is 5.79. The van der Waals surface area contributed by atoms with Crippen molar-refractivity contribution >= 4 is 5.91 Å². The topological polar surface area (TPSA) is 69.1 Å². The molecule has 1 aliphatic rings. The van der Waals surface area contributed by atoms with Gasteiger partial charge in [0.1, 0.15) is 0 Å². The van der Waals surface area contributed by atoms with E-state index in [1.54, 1.807) is 0 Å². The third-order valence-electron chi connectivity index (χ3n) is 3.10. The van der Waals surface area contributed by atoms with Gasteiger partial charge in [-0.05, 0) is 24.3 Å². The molecule has 1 heterocycles. The SMILES string of the molecule is CC(C)C(C)N1CC(CN=[N+]=[N-])CC1=O. The Labute approximate surface area is 90.1 Å². The number of hydrogen-bond acceptors (Lipinski definition) is 2. The first-order chi connectivity index (χ1) is 7.06. The van der Waals surface area contributed by atoms with Gasteiger partial charge in [-0.3, -0.25) is 4.79 Å². The molecule has 2 unspecified atom stereocenters. The first-order valence-corrected chi connectivity index (χ1v) is 5.36. The number of likely N-dealkylation sites (tertiary alicyclic amines) is 1. The van der Waals surface area contributed by atoms with Gasteiger partial charge in [-0.1, -0.05) is 19.0 Å². The monoisotopic (exact) mass is 210 g/mol. The Morgan fingerprint density at radius 2 is 2.27 bits per heavy atom. The smallest absolute Gasteiger partial charge is 0.223 e. The Morgan fingerprint density at radius 1 is 1.60 bits per heavy atom. The second-order valence-electron chi connectivity index (χ2n) is 4.51. The average Bonchev–Trinajstić information content (AvgIpc) is 2.55. The van der Waals surface area contributed by atoms with E-state index in [0.717, 1.165) is 6.54 Å². The van der Waals surface area contributed by atoms with Crippen molar-refractivity contribution in [1.82, 2.24) is 4.90 Å². The first-order valence-electron chi connectivity index (χ1n) is 5.36. The lowest BCUT2D eigenvalue weighted by Gasteiger charge is -2.27. The van der Waals surface area contributed by atoms with Gasteiger partial charge in [0.2, 0.25) is 5.91 Å². The molecule has 84 valence electrons. The quantitative estimate of drug-likeness (QED) is 0.398. The summed E-state index contributed by atoms with van der Waals surface area (Å²) in [5, 5.41) is 3.53. The molecule has 1 amide bonds. The molecular formula is C10H18N4O. The molecule has 1 fully saturated rings. The van der Waals surface area contributed by atoms with Crippen molar-refractivity contribution in [2.24, 2.45) is 17.0 Å². The molecule has 0 bridgehead atoms. The summed E-state index contributed by atoms with van der Waals surface area (Å²) in [5.41, 5.74) is 8.22. The molecule has 0 saturated carbocycles. The van der Waals surface area contributed by atoms with Crippen LogP contribution in [0.4, 0.5) is 0 Å². The van der Waals surface area contributed by atoms with Crippen LogP contribution in [0.25, 0.3) is 10.4 Å². The van der Waals surface area contributed by atoms with Gasteiger partial charge in [0, 0.05) is 30.5 Å². The second-order valence-corrected chi connectivity index (χ2v) is 4.51. The van der Waals surface area contributed by atoms with Gasteiger partial charge < -0.3 is 4.90 Å². The Bertz CT molecular complexity index is 283. The van der Waals surface area contributed by atoms with Gasteiger partial charge in [-0.15, -0.1) is 0 Å². The number of carbonyl (C=O) groups excluding carboxylic acids is 1. The normalized spacial score (nSPS) is 23.1. The van der Waals surface area contributed by atoms with Crippen LogP contribution in [0, 0.1) is 11.8 Å². The van der Waals surface area contributed by atoms with E-state index in [1.807, 2.05) is 4.90 Å². The van der Waals surface area contributed by atoms with E-state index in [-0.39, 0.29) is 17.9 Å². The van der Waals surface area contributed by atoms with E-state index in [1.165, 1.54) is 0 Å². The fraction of sp³-hybridized carbons (Fsp3) is 0.900. The summed E-state index contributed by atoms with van der Waals surface area (Å²) >= 11 is 0. The van der Waals surface area contributed by atoms with Gasteiger partial charge >= 0.3 is 0 Å². The summed E-state index contributed by atoms with van der Waals surface area (Å²) in [7, 11) is 0. The van der Waals surface area contributed by atoms with Crippen molar-refractivity contribution in [2.45, 2.75) is 33.2 Å². The molecule has 0 radical (unpaired) electrons. The van der Waals surface area contributed by atoms with Gasteiger partial charge in [-0.2, -0.15) is 0 Å². The van der Waals surface area contributed by atoms with Crippen LogP contribution in [-0.4, -0.2) is 29.9 Å². The lowest BCUT2D eigenvalue weighted by atomic mass is 10.1. The fourth-order valence-electron chi connectivity index (χ4n) is 1.84. The maximum Gasteiger partial charge on any atom is 0.223 e. The lowest BCUT2D eigenvalue weighted by molar-refractivity contribution is -0.130. The van der Waals surface area contributed by atoms with Crippen molar-refractivity contribution in [1.29, 1.82) is 0 Å². The number of nitrogens with zero attached hydrogens (tertiary/aromatic N) is 4. The summed E-state index contributed by atoms with van der Waals surface area (Å²) in [6, 6.07) is 0.272. The highest BCUT2D eigenvalue weighted by Gasteiger charge is 2.32. The van der Waals surface area contributed by atoms with E-state index in [9.17, 15) is 4.79 Å². The summed E-state index contributed by atoms with van der Waals surface area (Å²) in [5.74, 6) is 0.858. The lowest BCUT2D eigenvalue weighted by Crippen LogP contribution is -2.37. The zero-order valence-corrected chi connectivity index (χ0v) is 9.55. The number of amides is 1. The zero-order valence-electron chi connectivity index (χ0n) is 9.55. The number of carbonyl (C=O) groups is 1. The van der Waals surface area contributed by atoms with Crippen LogP contribution in [0.3, 0.4) is 0 Å². The highest BCUT2D eigenvalue weighted by Crippen LogP contribution is 2.23. The molecule has 1 rings (SSSR count).